The number of carbonyl (C=O) groups excluding carboxylic acids is 1. The average molecular weight is 449 g/mol. The molecule has 0 unspecified atom stereocenters. The van der Waals surface area contributed by atoms with Gasteiger partial charge in [0, 0.05) is 45.6 Å². The minimum Gasteiger partial charge on any atom is -0.356 e. The van der Waals surface area contributed by atoms with Gasteiger partial charge >= 0.3 is 0 Å². The van der Waals surface area contributed by atoms with Gasteiger partial charge in [-0.15, -0.1) is 0 Å². The van der Waals surface area contributed by atoms with Crippen LogP contribution in [0.25, 0.3) is 10.9 Å². The molecule has 1 aromatic heterocycles. The number of fused-ring (bicyclic) bond motifs is 1. The maximum Gasteiger partial charge on any atom is 0.255 e. The van der Waals surface area contributed by atoms with Crippen LogP contribution < -0.4 is 16.0 Å². The lowest BCUT2D eigenvalue weighted by atomic mass is 10.1. The second-order valence-corrected chi connectivity index (χ2v) is 7.75. The number of nitrogens with one attached hydrogen (secondary N) is 3. The molecule has 0 atom stereocenters. The molecule has 1 heterocycles. The summed E-state index contributed by atoms with van der Waals surface area (Å²) in [6.07, 6.45) is 1.67. The minimum atomic E-state index is -0.325. The Hall–Kier alpha value is -4.71. The molecule has 4 aromatic carbocycles. The molecule has 34 heavy (non-hydrogen) atoms. The number of benzene rings is 4. The molecule has 5 rings (SSSR count). The van der Waals surface area contributed by atoms with Gasteiger partial charge in [-0.2, -0.15) is 0 Å². The molecule has 0 spiro atoms. The van der Waals surface area contributed by atoms with E-state index in [1.54, 1.807) is 24.4 Å². The Kier molecular flexibility index (Phi) is 5.86. The van der Waals surface area contributed by atoms with Crippen LogP contribution in [0.2, 0.25) is 0 Å². The normalized spacial score (nSPS) is 10.6. The van der Waals surface area contributed by atoms with Crippen molar-refractivity contribution >= 4 is 45.2 Å². The number of hydrogen-bond donors (Lipinski definition) is 3. The third-order valence-corrected chi connectivity index (χ3v) is 5.29. The number of halogens is 1. The first-order chi connectivity index (χ1) is 16.6. The zero-order valence-electron chi connectivity index (χ0n) is 18.1. The molecule has 0 fully saturated rings. The quantitative estimate of drug-likeness (QED) is 0.259. The van der Waals surface area contributed by atoms with Gasteiger partial charge in [0.25, 0.3) is 5.91 Å². The number of hydrogen-bond acceptors (Lipinski definition) is 4. The van der Waals surface area contributed by atoms with Crippen LogP contribution >= 0.6 is 0 Å². The Morgan fingerprint density at radius 2 is 1.41 bits per heavy atom. The third-order valence-electron chi connectivity index (χ3n) is 5.29. The van der Waals surface area contributed by atoms with Gasteiger partial charge in [-0.1, -0.05) is 30.3 Å². The summed E-state index contributed by atoms with van der Waals surface area (Å²) in [5.74, 6) is -0.543. The summed E-state index contributed by atoms with van der Waals surface area (Å²) in [5.41, 5.74) is 5.13. The monoisotopic (exact) mass is 448 g/mol. The van der Waals surface area contributed by atoms with Gasteiger partial charge < -0.3 is 16.0 Å². The Labute approximate surface area is 196 Å². The molecule has 3 N–H and O–H groups in total. The number of nitrogens with zero attached hydrogens (tertiary/aromatic N) is 1. The molecule has 5 nitrogen and oxygen atoms in total. The summed E-state index contributed by atoms with van der Waals surface area (Å²) in [6.45, 7) is 0. The summed E-state index contributed by atoms with van der Waals surface area (Å²) >= 11 is 0. The van der Waals surface area contributed by atoms with Gasteiger partial charge in [-0.3, -0.25) is 9.78 Å². The smallest absolute Gasteiger partial charge is 0.255 e. The van der Waals surface area contributed by atoms with Crippen LogP contribution in [-0.4, -0.2) is 10.9 Å². The van der Waals surface area contributed by atoms with Crippen LogP contribution in [0.15, 0.2) is 109 Å². The standard InChI is InChI=1S/C28H21FN4O/c29-20-12-13-26-25(17-20)27(14-15-30-26)32-23-10-5-11-24(18-23)33-28(34)19-6-4-9-22(16-19)31-21-7-2-1-3-8-21/h1-18,31H,(H,30,32)(H,33,34). The minimum absolute atomic E-state index is 0.217. The van der Waals surface area contributed by atoms with Crippen molar-refractivity contribution in [1.29, 1.82) is 0 Å². The predicted molar refractivity (Wildman–Crippen MR) is 136 cm³/mol. The number of pyridine rings is 1. The molecule has 0 aliphatic carbocycles. The Balaban J connectivity index is 1.32. The van der Waals surface area contributed by atoms with E-state index in [0.717, 1.165) is 22.7 Å². The fraction of sp³-hybridized carbons (Fsp3) is 0. The molecular weight excluding hydrogens is 427 g/mol. The first-order valence-electron chi connectivity index (χ1n) is 10.8. The van der Waals surface area contributed by atoms with E-state index >= 15 is 0 Å². The highest BCUT2D eigenvalue weighted by molar-refractivity contribution is 6.05. The van der Waals surface area contributed by atoms with Crippen molar-refractivity contribution < 1.29 is 9.18 Å². The molecule has 0 saturated heterocycles. The lowest BCUT2D eigenvalue weighted by Gasteiger charge is -2.12. The number of anilines is 5. The van der Waals surface area contributed by atoms with Crippen LogP contribution in [0.1, 0.15) is 10.4 Å². The largest absolute Gasteiger partial charge is 0.356 e. The molecule has 0 radical (unpaired) electrons. The van der Waals surface area contributed by atoms with Crippen molar-refractivity contribution in [1.82, 2.24) is 4.98 Å². The van der Waals surface area contributed by atoms with Crippen molar-refractivity contribution in [3.8, 4) is 0 Å². The van der Waals surface area contributed by atoms with Gasteiger partial charge in [-0.25, -0.2) is 4.39 Å². The number of rotatable bonds is 6. The molecule has 5 aromatic rings. The van der Waals surface area contributed by atoms with E-state index in [1.165, 1.54) is 12.1 Å². The zero-order valence-corrected chi connectivity index (χ0v) is 18.1. The lowest BCUT2D eigenvalue weighted by molar-refractivity contribution is 0.102. The Morgan fingerprint density at radius 1 is 0.676 bits per heavy atom. The molecule has 0 saturated carbocycles. The van der Waals surface area contributed by atoms with Gasteiger partial charge in [0.05, 0.1) is 5.52 Å². The predicted octanol–water partition coefficient (Wildman–Crippen LogP) is 7.11. The first-order valence-corrected chi connectivity index (χ1v) is 10.8. The van der Waals surface area contributed by atoms with E-state index in [4.69, 9.17) is 0 Å². The SMILES string of the molecule is O=C(Nc1cccc(Nc2ccnc3ccc(F)cc23)c1)c1cccc(Nc2ccccc2)c1. The zero-order chi connectivity index (χ0) is 23.3. The highest BCUT2D eigenvalue weighted by Crippen LogP contribution is 2.27. The molecule has 1 amide bonds. The molecule has 166 valence electrons. The summed E-state index contributed by atoms with van der Waals surface area (Å²) in [6, 6.07) is 30.8. The molecular formula is C28H21FN4O. The summed E-state index contributed by atoms with van der Waals surface area (Å²) in [5, 5.41) is 10.2. The number of carbonyl (C=O) groups is 1. The van der Waals surface area contributed by atoms with Crippen molar-refractivity contribution in [3.63, 3.8) is 0 Å². The summed E-state index contributed by atoms with van der Waals surface area (Å²) in [4.78, 5) is 17.2. The first kappa shape index (κ1) is 21.2. The molecule has 6 heteroatoms. The van der Waals surface area contributed by atoms with E-state index < -0.39 is 0 Å². The van der Waals surface area contributed by atoms with Gasteiger partial charge in [0.2, 0.25) is 0 Å². The highest BCUT2D eigenvalue weighted by Gasteiger charge is 2.09. The highest BCUT2D eigenvalue weighted by atomic mass is 19.1. The number of para-hydroxylation sites is 1. The molecule has 0 bridgehead atoms. The van der Waals surface area contributed by atoms with Gasteiger partial charge in [0.1, 0.15) is 5.82 Å². The fourth-order valence-corrected chi connectivity index (χ4v) is 3.69. The van der Waals surface area contributed by atoms with E-state index in [0.29, 0.717) is 22.2 Å². The second kappa shape index (κ2) is 9.42. The van der Waals surface area contributed by atoms with E-state index in [2.05, 4.69) is 20.9 Å². The van der Waals surface area contributed by atoms with E-state index in [-0.39, 0.29) is 11.7 Å². The maximum absolute atomic E-state index is 13.8. The lowest BCUT2D eigenvalue weighted by Crippen LogP contribution is -2.12. The van der Waals surface area contributed by atoms with E-state index in [1.807, 2.05) is 72.8 Å². The fourth-order valence-electron chi connectivity index (χ4n) is 3.69. The van der Waals surface area contributed by atoms with Crippen LogP contribution in [-0.2, 0) is 0 Å². The van der Waals surface area contributed by atoms with Crippen LogP contribution in [0, 0.1) is 5.82 Å². The van der Waals surface area contributed by atoms with Crippen molar-refractivity contribution in [2.24, 2.45) is 0 Å². The number of amides is 1. The van der Waals surface area contributed by atoms with Crippen LogP contribution in [0.5, 0.6) is 0 Å². The van der Waals surface area contributed by atoms with Crippen molar-refractivity contribution in [2.75, 3.05) is 16.0 Å². The summed E-state index contributed by atoms with van der Waals surface area (Å²) in [7, 11) is 0. The second-order valence-electron chi connectivity index (χ2n) is 7.75. The Bertz CT molecular complexity index is 1470. The summed E-state index contributed by atoms with van der Waals surface area (Å²) < 4.78 is 13.8. The third kappa shape index (κ3) is 4.86. The topological polar surface area (TPSA) is 66.0 Å². The molecule has 0 aliphatic rings. The Morgan fingerprint density at radius 3 is 2.26 bits per heavy atom. The maximum atomic E-state index is 13.8. The van der Waals surface area contributed by atoms with Gasteiger partial charge in [0.15, 0.2) is 0 Å². The van der Waals surface area contributed by atoms with Gasteiger partial charge in [-0.05, 0) is 72.8 Å². The van der Waals surface area contributed by atoms with Crippen molar-refractivity contribution in [3.05, 3.63) is 121 Å². The van der Waals surface area contributed by atoms with Crippen molar-refractivity contribution in [2.45, 2.75) is 0 Å². The van der Waals surface area contributed by atoms with Crippen LogP contribution in [0.3, 0.4) is 0 Å². The average Bonchev–Trinajstić information content (AvgIpc) is 2.85. The van der Waals surface area contributed by atoms with Crippen LogP contribution in [0.4, 0.5) is 32.8 Å². The molecule has 0 aliphatic heterocycles. The van der Waals surface area contributed by atoms with E-state index in [9.17, 15) is 9.18 Å². The number of aromatic nitrogens is 1.